The molecule has 0 fully saturated rings. The van der Waals surface area contributed by atoms with Gasteiger partial charge in [-0.15, -0.1) is 0 Å². The summed E-state index contributed by atoms with van der Waals surface area (Å²) < 4.78 is 15.4. The van der Waals surface area contributed by atoms with Crippen molar-refractivity contribution in [3.63, 3.8) is 0 Å². The molecule has 8 nitrogen and oxygen atoms in total. The zero-order valence-electron chi connectivity index (χ0n) is 14.9. The molecule has 0 saturated carbocycles. The molecule has 0 aliphatic heterocycles. The van der Waals surface area contributed by atoms with Gasteiger partial charge >= 0.3 is 11.8 Å². The van der Waals surface area contributed by atoms with E-state index < -0.39 is 12.0 Å². The van der Waals surface area contributed by atoms with Gasteiger partial charge in [0.05, 0.1) is 20.3 Å². The number of aliphatic hydroxyl groups is 1. The summed E-state index contributed by atoms with van der Waals surface area (Å²) in [6.07, 6.45) is -0.830. The smallest absolute Gasteiger partial charge is 0.316 e. The van der Waals surface area contributed by atoms with Gasteiger partial charge in [0.1, 0.15) is 0 Å². The number of nitrogens with one attached hydrogen (secondary N) is 1. The molecule has 3 aromatic rings. The maximum atomic E-state index is 12.2. The van der Waals surface area contributed by atoms with Gasteiger partial charge in [-0.1, -0.05) is 35.5 Å². The van der Waals surface area contributed by atoms with Crippen LogP contribution in [-0.4, -0.2) is 41.9 Å². The molecule has 0 saturated heterocycles. The monoisotopic (exact) mass is 369 g/mol. The Bertz CT molecular complexity index is 911. The van der Waals surface area contributed by atoms with Crippen LogP contribution in [0.15, 0.2) is 53.1 Å². The standard InChI is InChI=1S/C19H19N3O5/c1-25-15-9-8-13(10-16(15)26-2)17-21-19(27-22-17)18(24)20-11-14(23)12-6-4-3-5-7-12/h3-10,14,23H,11H2,1-2H3,(H,20,24)/t14-/m0/s1. The van der Waals surface area contributed by atoms with Crippen LogP contribution in [0.25, 0.3) is 11.4 Å². The number of rotatable bonds is 7. The minimum absolute atomic E-state index is 0.0247. The molecule has 0 aliphatic carbocycles. The lowest BCUT2D eigenvalue weighted by molar-refractivity contribution is 0.0873. The Balaban J connectivity index is 1.67. The van der Waals surface area contributed by atoms with Crippen LogP contribution in [0.3, 0.4) is 0 Å². The van der Waals surface area contributed by atoms with Crippen LogP contribution in [0.2, 0.25) is 0 Å². The topological polar surface area (TPSA) is 107 Å². The van der Waals surface area contributed by atoms with Crippen molar-refractivity contribution in [2.75, 3.05) is 20.8 Å². The summed E-state index contributed by atoms with van der Waals surface area (Å²) in [5, 5.41) is 16.5. The molecule has 2 aromatic carbocycles. The second-order valence-corrected chi connectivity index (χ2v) is 5.63. The van der Waals surface area contributed by atoms with E-state index in [2.05, 4.69) is 15.5 Å². The number of hydrogen-bond donors (Lipinski definition) is 2. The molecule has 2 N–H and O–H groups in total. The van der Waals surface area contributed by atoms with E-state index in [9.17, 15) is 9.90 Å². The average molecular weight is 369 g/mol. The molecule has 140 valence electrons. The average Bonchev–Trinajstić information content (AvgIpc) is 3.22. The van der Waals surface area contributed by atoms with Crippen molar-refractivity contribution in [1.82, 2.24) is 15.5 Å². The minimum Gasteiger partial charge on any atom is -0.493 e. The first-order valence-corrected chi connectivity index (χ1v) is 8.19. The van der Waals surface area contributed by atoms with Gasteiger partial charge in [0, 0.05) is 12.1 Å². The van der Waals surface area contributed by atoms with E-state index in [1.165, 1.54) is 14.2 Å². The van der Waals surface area contributed by atoms with E-state index in [1.807, 2.05) is 18.2 Å². The molecular formula is C19H19N3O5. The highest BCUT2D eigenvalue weighted by molar-refractivity contribution is 5.89. The number of benzene rings is 2. The molecule has 0 bridgehead atoms. The van der Waals surface area contributed by atoms with Crippen molar-refractivity contribution in [2.24, 2.45) is 0 Å². The molecule has 1 heterocycles. The van der Waals surface area contributed by atoms with Gasteiger partial charge in [-0.05, 0) is 23.8 Å². The molecule has 0 radical (unpaired) electrons. The van der Waals surface area contributed by atoms with E-state index in [4.69, 9.17) is 14.0 Å². The Morgan fingerprint density at radius 2 is 1.89 bits per heavy atom. The summed E-state index contributed by atoms with van der Waals surface area (Å²) in [7, 11) is 3.06. The number of aromatic nitrogens is 2. The Morgan fingerprint density at radius 1 is 1.15 bits per heavy atom. The third-order valence-corrected chi connectivity index (χ3v) is 3.90. The number of aliphatic hydroxyl groups excluding tert-OH is 1. The fraction of sp³-hybridized carbons (Fsp3) is 0.211. The van der Waals surface area contributed by atoms with Gasteiger partial charge in [-0.25, -0.2) is 0 Å². The fourth-order valence-electron chi connectivity index (χ4n) is 2.47. The molecule has 0 unspecified atom stereocenters. The van der Waals surface area contributed by atoms with Gasteiger partial charge in [0.15, 0.2) is 11.5 Å². The third-order valence-electron chi connectivity index (χ3n) is 3.90. The summed E-state index contributed by atoms with van der Waals surface area (Å²) >= 11 is 0. The minimum atomic E-state index is -0.830. The van der Waals surface area contributed by atoms with Crippen LogP contribution >= 0.6 is 0 Å². The van der Waals surface area contributed by atoms with Gasteiger partial charge in [0.2, 0.25) is 5.82 Å². The predicted octanol–water partition coefficient (Wildman–Crippen LogP) is 2.22. The van der Waals surface area contributed by atoms with Crippen LogP contribution in [-0.2, 0) is 0 Å². The van der Waals surface area contributed by atoms with E-state index in [-0.39, 0.29) is 18.3 Å². The van der Waals surface area contributed by atoms with Crippen LogP contribution in [0.4, 0.5) is 0 Å². The molecule has 0 spiro atoms. The highest BCUT2D eigenvalue weighted by Gasteiger charge is 2.18. The molecule has 0 aliphatic rings. The zero-order valence-corrected chi connectivity index (χ0v) is 14.9. The number of hydrogen-bond acceptors (Lipinski definition) is 7. The van der Waals surface area contributed by atoms with Crippen LogP contribution < -0.4 is 14.8 Å². The lowest BCUT2D eigenvalue weighted by atomic mass is 10.1. The lowest BCUT2D eigenvalue weighted by Gasteiger charge is -2.10. The predicted molar refractivity (Wildman–Crippen MR) is 96.6 cm³/mol. The van der Waals surface area contributed by atoms with Crippen molar-refractivity contribution >= 4 is 5.91 Å². The van der Waals surface area contributed by atoms with Crippen LogP contribution in [0.5, 0.6) is 11.5 Å². The highest BCUT2D eigenvalue weighted by atomic mass is 16.5. The normalized spacial score (nSPS) is 11.7. The molecule has 1 atom stereocenters. The molecule has 3 rings (SSSR count). The van der Waals surface area contributed by atoms with Crippen molar-refractivity contribution in [2.45, 2.75) is 6.10 Å². The second kappa shape index (κ2) is 8.33. The zero-order chi connectivity index (χ0) is 19.2. The highest BCUT2D eigenvalue weighted by Crippen LogP contribution is 2.31. The fourth-order valence-corrected chi connectivity index (χ4v) is 2.47. The number of methoxy groups -OCH3 is 2. The Morgan fingerprint density at radius 3 is 2.59 bits per heavy atom. The van der Waals surface area contributed by atoms with Gasteiger partial charge in [-0.2, -0.15) is 4.98 Å². The summed E-state index contributed by atoms with van der Waals surface area (Å²) in [6.45, 7) is 0.0247. The summed E-state index contributed by atoms with van der Waals surface area (Å²) in [5.74, 6) is 0.559. The Labute approximate surface area is 155 Å². The van der Waals surface area contributed by atoms with E-state index >= 15 is 0 Å². The van der Waals surface area contributed by atoms with Crippen LogP contribution in [0.1, 0.15) is 22.4 Å². The summed E-state index contributed by atoms with van der Waals surface area (Å²) in [4.78, 5) is 16.3. The lowest BCUT2D eigenvalue weighted by Crippen LogP contribution is -2.28. The van der Waals surface area contributed by atoms with Crippen molar-refractivity contribution < 1.29 is 23.9 Å². The van der Waals surface area contributed by atoms with E-state index in [1.54, 1.807) is 30.3 Å². The van der Waals surface area contributed by atoms with Crippen molar-refractivity contribution in [1.29, 1.82) is 0 Å². The number of carbonyl (C=O) groups is 1. The quantitative estimate of drug-likeness (QED) is 0.657. The number of carbonyl (C=O) groups excluding carboxylic acids is 1. The summed E-state index contributed by atoms with van der Waals surface area (Å²) in [5.41, 5.74) is 1.31. The van der Waals surface area contributed by atoms with Crippen LogP contribution in [0, 0.1) is 0 Å². The number of ether oxygens (including phenoxy) is 2. The first kappa shape index (κ1) is 18.4. The first-order valence-electron chi connectivity index (χ1n) is 8.19. The Kier molecular flexibility index (Phi) is 5.68. The van der Waals surface area contributed by atoms with Gasteiger partial charge < -0.3 is 24.4 Å². The molecule has 8 heteroatoms. The summed E-state index contributed by atoms with van der Waals surface area (Å²) in [6, 6.07) is 14.2. The van der Waals surface area contributed by atoms with E-state index in [0.29, 0.717) is 22.6 Å². The third kappa shape index (κ3) is 4.24. The van der Waals surface area contributed by atoms with Crippen molar-refractivity contribution in [3.8, 4) is 22.9 Å². The Hall–Kier alpha value is -3.39. The second-order valence-electron chi connectivity index (χ2n) is 5.63. The maximum absolute atomic E-state index is 12.2. The maximum Gasteiger partial charge on any atom is 0.316 e. The van der Waals surface area contributed by atoms with Gasteiger partial charge in [0.25, 0.3) is 0 Å². The number of nitrogens with zero attached hydrogens (tertiary/aromatic N) is 2. The first-order chi connectivity index (χ1) is 13.1. The molecule has 1 amide bonds. The molecular weight excluding hydrogens is 350 g/mol. The van der Waals surface area contributed by atoms with Gasteiger partial charge in [-0.3, -0.25) is 4.79 Å². The van der Waals surface area contributed by atoms with Crippen molar-refractivity contribution in [3.05, 3.63) is 60.0 Å². The molecule has 1 aromatic heterocycles. The SMILES string of the molecule is COc1ccc(-c2noc(C(=O)NC[C@H](O)c3ccccc3)n2)cc1OC. The largest absolute Gasteiger partial charge is 0.493 e. The molecule has 27 heavy (non-hydrogen) atoms. The van der Waals surface area contributed by atoms with E-state index in [0.717, 1.165) is 0 Å². The number of amides is 1.